The van der Waals surface area contributed by atoms with E-state index in [1.165, 1.54) is 35.9 Å². The number of nitrogens with zero attached hydrogens (tertiary/aromatic N) is 3. The van der Waals surface area contributed by atoms with Gasteiger partial charge in [0, 0.05) is 51.4 Å². The molecule has 1 aliphatic rings. The average Bonchev–Trinajstić information content (AvgIpc) is 2.99. The lowest BCUT2D eigenvalue weighted by molar-refractivity contribution is -0.132. The number of fused-ring (bicyclic) bond motifs is 1. The van der Waals surface area contributed by atoms with Crippen LogP contribution >= 0.6 is 0 Å². The van der Waals surface area contributed by atoms with E-state index in [9.17, 15) is 4.79 Å². The van der Waals surface area contributed by atoms with Gasteiger partial charge >= 0.3 is 0 Å². The number of carbonyl (C=O) groups excluding carboxylic acids is 1. The number of amides is 1. The first-order chi connectivity index (χ1) is 11.7. The highest BCUT2D eigenvalue weighted by atomic mass is 16.2. The molecule has 130 valence electrons. The molecule has 2 heterocycles. The van der Waals surface area contributed by atoms with Crippen molar-refractivity contribution in [3.05, 3.63) is 36.0 Å². The van der Waals surface area contributed by atoms with Crippen LogP contribution < -0.4 is 0 Å². The molecule has 0 atom stereocenters. The summed E-state index contributed by atoms with van der Waals surface area (Å²) in [4.78, 5) is 17.0. The Labute approximate surface area is 145 Å². The second kappa shape index (κ2) is 7.84. The molecule has 0 bridgehead atoms. The third-order valence-electron chi connectivity index (χ3n) is 5.13. The molecule has 1 amide bonds. The fourth-order valence-electron chi connectivity index (χ4n) is 3.50. The van der Waals surface area contributed by atoms with Gasteiger partial charge in [-0.05, 0) is 48.5 Å². The molecule has 1 saturated heterocycles. The zero-order chi connectivity index (χ0) is 16.9. The van der Waals surface area contributed by atoms with Crippen molar-refractivity contribution in [3.8, 4) is 0 Å². The second-order valence-corrected chi connectivity index (χ2v) is 6.90. The Kier molecular flexibility index (Phi) is 5.56. The molecule has 1 aliphatic heterocycles. The summed E-state index contributed by atoms with van der Waals surface area (Å²) in [5.41, 5.74) is 2.50. The molecule has 1 fully saturated rings. The van der Waals surface area contributed by atoms with E-state index in [2.05, 4.69) is 53.9 Å². The molecule has 0 saturated carbocycles. The highest BCUT2D eigenvalue weighted by Gasteiger charge is 2.20. The lowest BCUT2D eigenvalue weighted by Gasteiger charge is -2.34. The van der Waals surface area contributed by atoms with Crippen molar-refractivity contribution in [3.63, 3.8) is 0 Å². The molecule has 0 radical (unpaired) electrons. The molecule has 1 aromatic heterocycles. The highest BCUT2D eigenvalue weighted by molar-refractivity contribution is 5.81. The average molecular weight is 327 g/mol. The molecule has 24 heavy (non-hydrogen) atoms. The maximum atomic E-state index is 12.5. The number of aryl methyl sites for hydroxylation is 2. The van der Waals surface area contributed by atoms with Crippen molar-refractivity contribution in [2.45, 2.75) is 32.6 Å². The van der Waals surface area contributed by atoms with Crippen LogP contribution in [-0.2, 0) is 18.3 Å². The maximum Gasteiger partial charge on any atom is 0.222 e. The number of piperazine rings is 1. The van der Waals surface area contributed by atoms with E-state index in [1.807, 2.05) is 4.90 Å². The van der Waals surface area contributed by atoms with E-state index in [0.717, 1.165) is 32.6 Å². The van der Waals surface area contributed by atoms with Crippen LogP contribution in [-0.4, -0.2) is 53.0 Å². The molecule has 0 N–H and O–H groups in total. The third-order valence-corrected chi connectivity index (χ3v) is 5.13. The van der Waals surface area contributed by atoms with Gasteiger partial charge in [0.15, 0.2) is 0 Å². The van der Waals surface area contributed by atoms with E-state index in [1.54, 1.807) is 0 Å². The van der Waals surface area contributed by atoms with Crippen molar-refractivity contribution < 1.29 is 4.79 Å². The molecule has 2 aromatic rings. The summed E-state index contributed by atoms with van der Waals surface area (Å²) in [7, 11) is 2.06. The normalized spacial score (nSPS) is 16.0. The minimum Gasteiger partial charge on any atom is -0.351 e. The molecule has 1 aromatic carbocycles. The number of hydrogen-bond acceptors (Lipinski definition) is 2. The van der Waals surface area contributed by atoms with Gasteiger partial charge in [-0.3, -0.25) is 9.69 Å². The van der Waals surface area contributed by atoms with Gasteiger partial charge in [0.05, 0.1) is 0 Å². The molecule has 0 unspecified atom stereocenters. The monoisotopic (exact) mass is 327 g/mol. The van der Waals surface area contributed by atoms with E-state index >= 15 is 0 Å². The van der Waals surface area contributed by atoms with Crippen molar-refractivity contribution in [1.29, 1.82) is 0 Å². The van der Waals surface area contributed by atoms with Crippen LogP contribution in [0.5, 0.6) is 0 Å². The quantitative estimate of drug-likeness (QED) is 0.816. The van der Waals surface area contributed by atoms with Gasteiger partial charge in [-0.25, -0.2) is 0 Å². The standard InChI is InChI=1S/C20H29N3O/c1-3-4-10-22-12-14-23(15-13-22)20(24)8-6-17-5-7-19-18(16-17)9-11-21(19)2/h5,7,9,11,16H,3-4,6,8,10,12-15H2,1-2H3. The molecule has 4 nitrogen and oxygen atoms in total. The van der Waals surface area contributed by atoms with Gasteiger partial charge < -0.3 is 9.47 Å². The minimum atomic E-state index is 0.304. The Morgan fingerprint density at radius 1 is 1.12 bits per heavy atom. The highest BCUT2D eigenvalue weighted by Crippen LogP contribution is 2.18. The van der Waals surface area contributed by atoms with Gasteiger partial charge in [-0.15, -0.1) is 0 Å². The van der Waals surface area contributed by atoms with Crippen LogP contribution in [0.15, 0.2) is 30.5 Å². The first-order valence-corrected chi connectivity index (χ1v) is 9.21. The lowest BCUT2D eigenvalue weighted by Crippen LogP contribution is -2.48. The first kappa shape index (κ1) is 17.0. The Morgan fingerprint density at radius 2 is 1.92 bits per heavy atom. The van der Waals surface area contributed by atoms with Crippen LogP contribution in [0.2, 0.25) is 0 Å². The van der Waals surface area contributed by atoms with Gasteiger partial charge in [-0.2, -0.15) is 0 Å². The summed E-state index contributed by atoms with van der Waals surface area (Å²) < 4.78 is 2.13. The summed E-state index contributed by atoms with van der Waals surface area (Å²) in [6.07, 6.45) is 6.03. The maximum absolute atomic E-state index is 12.5. The number of carbonyl (C=O) groups is 1. The predicted molar refractivity (Wildman–Crippen MR) is 99.2 cm³/mol. The Hall–Kier alpha value is -1.81. The number of unbranched alkanes of at least 4 members (excludes halogenated alkanes) is 1. The minimum absolute atomic E-state index is 0.304. The zero-order valence-electron chi connectivity index (χ0n) is 15.0. The van der Waals surface area contributed by atoms with Gasteiger partial charge in [0.2, 0.25) is 5.91 Å². The molecule has 3 rings (SSSR count). The Bertz CT molecular complexity index is 683. The van der Waals surface area contributed by atoms with E-state index < -0.39 is 0 Å². The summed E-state index contributed by atoms with van der Waals surface area (Å²) in [6.45, 7) is 7.24. The summed E-state index contributed by atoms with van der Waals surface area (Å²) in [6, 6.07) is 8.65. The van der Waals surface area contributed by atoms with Gasteiger partial charge in [-0.1, -0.05) is 19.4 Å². The zero-order valence-corrected chi connectivity index (χ0v) is 15.0. The van der Waals surface area contributed by atoms with Crippen molar-refractivity contribution in [1.82, 2.24) is 14.4 Å². The second-order valence-electron chi connectivity index (χ2n) is 6.90. The number of rotatable bonds is 6. The fraction of sp³-hybridized carbons (Fsp3) is 0.550. The Balaban J connectivity index is 1.48. The first-order valence-electron chi connectivity index (χ1n) is 9.21. The summed E-state index contributed by atoms with van der Waals surface area (Å²) in [5.74, 6) is 0.304. The van der Waals surface area contributed by atoms with Crippen LogP contribution in [0.25, 0.3) is 10.9 Å². The van der Waals surface area contributed by atoms with Crippen molar-refractivity contribution in [2.24, 2.45) is 7.05 Å². The molecular weight excluding hydrogens is 298 g/mol. The smallest absolute Gasteiger partial charge is 0.222 e. The van der Waals surface area contributed by atoms with E-state index in [0.29, 0.717) is 12.3 Å². The SMILES string of the molecule is CCCCN1CCN(C(=O)CCc2ccc3c(ccn3C)c2)CC1. The lowest BCUT2D eigenvalue weighted by atomic mass is 10.1. The van der Waals surface area contributed by atoms with Crippen LogP contribution in [0.3, 0.4) is 0 Å². The summed E-state index contributed by atoms with van der Waals surface area (Å²) in [5, 5.41) is 1.26. The third kappa shape index (κ3) is 3.99. The van der Waals surface area contributed by atoms with Crippen molar-refractivity contribution in [2.75, 3.05) is 32.7 Å². The summed E-state index contributed by atoms with van der Waals surface area (Å²) >= 11 is 0. The number of aromatic nitrogens is 1. The van der Waals surface area contributed by atoms with Crippen LogP contribution in [0, 0.1) is 0 Å². The Morgan fingerprint density at radius 3 is 2.67 bits per heavy atom. The largest absolute Gasteiger partial charge is 0.351 e. The molecule has 0 aliphatic carbocycles. The predicted octanol–water partition coefficient (Wildman–Crippen LogP) is 3.06. The molecule has 0 spiro atoms. The fourth-order valence-corrected chi connectivity index (χ4v) is 3.50. The number of hydrogen-bond donors (Lipinski definition) is 0. The van der Waals surface area contributed by atoms with Crippen LogP contribution in [0.1, 0.15) is 31.7 Å². The van der Waals surface area contributed by atoms with E-state index in [-0.39, 0.29) is 0 Å². The number of benzene rings is 1. The van der Waals surface area contributed by atoms with Crippen molar-refractivity contribution >= 4 is 16.8 Å². The topological polar surface area (TPSA) is 28.5 Å². The molecular formula is C20H29N3O. The van der Waals surface area contributed by atoms with Gasteiger partial charge in [0.1, 0.15) is 0 Å². The van der Waals surface area contributed by atoms with E-state index in [4.69, 9.17) is 0 Å². The molecule has 4 heteroatoms. The van der Waals surface area contributed by atoms with Crippen LogP contribution in [0.4, 0.5) is 0 Å². The van der Waals surface area contributed by atoms with Gasteiger partial charge in [0.25, 0.3) is 0 Å².